The van der Waals surface area contributed by atoms with Crippen LogP contribution < -0.4 is 22.2 Å². The number of rotatable bonds is 5. The Kier molecular flexibility index (Phi) is 8.03. The Balaban J connectivity index is 1.91. The van der Waals surface area contributed by atoms with Crippen molar-refractivity contribution in [2.75, 3.05) is 0 Å². The van der Waals surface area contributed by atoms with Crippen molar-refractivity contribution >= 4 is 27.2 Å². The van der Waals surface area contributed by atoms with Crippen molar-refractivity contribution in [2.24, 2.45) is 0 Å². The molecule has 0 N–H and O–H groups in total. The molecule has 2 heterocycles. The van der Waals surface area contributed by atoms with Gasteiger partial charge in [0.15, 0.2) is 0 Å². The van der Waals surface area contributed by atoms with E-state index in [4.69, 9.17) is 0 Å². The summed E-state index contributed by atoms with van der Waals surface area (Å²) in [7, 11) is 0. The van der Waals surface area contributed by atoms with Crippen molar-refractivity contribution < 1.29 is 52.7 Å². The molecule has 0 unspecified atom stereocenters. The van der Waals surface area contributed by atoms with Crippen LogP contribution in [0.2, 0.25) is 0 Å². The summed E-state index contributed by atoms with van der Waals surface area (Å²) in [5.41, 5.74) is -14.1. The van der Waals surface area contributed by atoms with Crippen LogP contribution in [0, 0.1) is 0 Å². The highest BCUT2D eigenvalue weighted by atomic mass is 19.4. The Hall–Kier alpha value is -4.90. The van der Waals surface area contributed by atoms with E-state index in [1.165, 1.54) is 0 Å². The molecule has 4 aromatic rings. The maximum atomic E-state index is 13.6. The Morgan fingerprint density at radius 2 is 1.17 bits per heavy atom. The second-order valence-electron chi connectivity index (χ2n) is 9.83. The molecule has 0 fully saturated rings. The summed E-state index contributed by atoms with van der Waals surface area (Å²) in [6.45, 7) is 3.28. The molecule has 0 saturated heterocycles. The van der Waals surface area contributed by atoms with Crippen molar-refractivity contribution in [1.29, 1.82) is 0 Å². The molecule has 46 heavy (non-hydrogen) atoms. The largest absolute Gasteiger partial charge is 0.416 e. The van der Waals surface area contributed by atoms with E-state index in [0.717, 1.165) is 6.92 Å². The Morgan fingerprint density at radius 1 is 0.696 bits per heavy atom. The van der Waals surface area contributed by atoms with Gasteiger partial charge in [0, 0.05) is 5.70 Å². The minimum atomic E-state index is -5.54. The summed E-state index contributed by atoms with van der Waals surface area (Å²) < 4.78 is 158. The average Bonchev–Trinajstić information content (AvgIpc) is 3.28. The van der Waals surface area contributed by atoms with E-state index >= 15 is 0 Å². The van der Waals surface area contributed by atoms with E-state index < -0.39 is 109 Å². The van der Waals surface area contributed by atoms with E-state index in [2.05, 4.69) is 6.58 Å². The number of hydrogen-bond acceptors (Lipinski definition) is 4. The summed E-state index contributed by atoms with van der Waals surface area (Å²) in [6.07, 6.45) is -23.0. The summed E-state index contributed by atoms with van der Waals surface area (Å²) in [6, 6.07) is 2.66. The first-order chi connectivity index (χ1) is 20.8. The maximum Gasteiger partial charge on any atom is 0.416 e. The molecule has 244 valence electrons. The summed E-state index contributed by atoms with van der Waals surface area (Å²) in [5.74, 6) is 0. The molecular weight excluding hydrogens is 656 g/mol. The van der Waals surface area contributed by atoms with E-state index in [1.54, 1.807) is 0 Å². The van der Waals surface area contributed by atoms with Crippen LogP contribution in [-0.4, -0.2) is 27.7 Å². The van der Waals surface area contributed by atoms with Gasteiger partial charge in [-0.2, -0.15) is 52.7 Å². The molecule has 0 radical (unpaired) electrons. The van der Waals surface area contributed by atoms with Gasteiger partial charge in [0.05, 0.1) is 50.4 Å². The Morgan fingerprint density at radius 3 is 1.59 bits per heavy atom. The van der Waals surface area contributed by atoms with Crippen molar-refractivity contribution in [3.8, 4) is 5.69 Å². The van der Waals surface area contributed by atoms with Gasteiger partial charge in [-0.3, -0.25) is 19.2 Å². The molecule has 0 spiro atoms. The number of hydrogen-bond donors (Lipinski definition) is 0. The Labute approximate surface area is 246 Å². The van der Waals surface area contributed by atoms with Crippen LogP contribution in [0.4, 0.5) is 52.7 Å². The molecule has 0 bridgehead atoms. The monoisotopic (exact) mass is 670 g/mol. The molecule has 0 aliphatic rings. The number of nitrogens with zero attached hydrogens (tertiary/aromatic N) is 2. The molecular formula is C28H14F12N2O4. The summed E-state index contributed by atoms with van der Waals surface area (Å²) in [4.78, 5) is 52.3. The van der Waals surface area contributed by atoms with Gasteiger partial charge in [-0.15, -0.1) is 0 Å². The average molecular weight is 670 g/mol. The molecule has 2 aromatic heterocycles. The first-order valence-corrected chi connectivity index (χ1v) is 12.3. The zero-order chi connectivity index (χ0) is 34.9. The van der Waals surface area contributed by atoms with Crippen molar-refractivity contribution in [1.82, 2.24) is 9.13 Å². The number of alkyl halides is 12. The van der Waals surface area contributed by atoms with Crippen LogP contribution in [-0.2, 0) is 12.6 Å². The number of halogens is 12. The van der Waals surface area contributed by atoms with Crippen molar-refractivity contribution in [3.63, 3.8) is 0 Å². The van der Waals surface area contributed by atoms with Gasteiger partial charge >= 0.3 is 24.7 Å². The van der Waals surface area contributed by atoms with Crippen LogP contribution in [0.1, 0.15) is 18.1 Å². The van der Waals surface area contributed by atoms with E-state index in [1.807, 2.05) is 0 Å². The van der Waals surface area contributed by atoms with Crippen LogP contribution >= 0.6 is 0 Å². The molecule has 0 aliphatic carbocycles. The fourth-order valence-corrected chi connectivity index (χ4v) is 4.66. The van der Waals surface area contributed by atoms with Gasteiger partial charge in [-0.25, -0.2) is 9.13 Å². The lowest BCUT2D eigenvalue weighted by Crippen LogP contribution is -2.25. The third kappa shape index (κ3) is 6.15. The molecule has 0 amide bonds. The fraction of sp³-hybridized carbons (Fsp3) is 0.214. The maximum absolute atomic E-state index is 13.6. The SMILES string of the molecule is C=C(/C(=C\C=C(/C)n1c(=O)c2cc3c(=O)n(-c4ccc(CC(F)(F)F)c(C(F)(F)F)c4)c(=O)c3cc2c1=O)C(F)(F)F)C(F)(F)F. The second kappa shape index (κ2) is 10.9. The molecule has 4 rings (SSSR count). The highest BCUT2D eigenvalue weighted by Crippen LogP contribution is 2.39. The molecule has 2 aromatic carbocycles. The minimum absolute atomic E-state index is 0.0607. The Bertz CT molecular complexity index is 2100. The lowest BCUT2D eigenvalue weighted by molar-refractivity contribution is -0.143. The molecule has 0 atom stereocenters. The number of fused-ring (bicyclic) bond motifs is 2. The predicted octanol–water partition coefficient (Wildman–Crippen LogP) is 6.49. The third-order valence-electron chi connectivity index (χ3n) is 6.76. The van der Waals surface area contributed by atoms with Crippen LogP contribution in [0.3, 0.4) is 0 Å². The molecule has 18 heteroatoms. The van der Waals surface area contributed by atoms with Crippen LogP contribution in [0.15, 0.2) is 79.4 Å². The number of aromatic nitrogens is 2. The highest BCUT2D eigenvalue weighted by molar-refractivity contribution is 5.98. The van der Waals surface area contributed by atoms with Gasteiger partial charge in [-0.1, -0.05) is 12.6 Å². The van der Waals surface area contributed by atoms with Crippen molar-refractivity contribution in [3.05, 3.63) is 113 Å². The lowest BCUT2D eigenvalue weighted by atomic mass is 10.0. The zero-order valence-corrected chi connectivity index (χ0v) is 22.5. The minimum Gasteiger partial charge on any atom is -0.268 e. The summed E-state index contributed by atoms with van der Waals surface area (Å²) in [5, 5.41) is -2.39. The van der Waals surface area contributed by atoms with Crippen LogP contribution in [0.5, 0.6) is 0 Å². The van der Waals surface area contributed by atoms with Gasteiger partial charge < -0.3 is 0 Å². The van der Waals surface area contributed by atoms with E-state index in [0.29, 0.717) is 30.3 Å². The smallest absolute Gasteiger partial charge is 0.268 e. The normalized spacial score (nSPS) is 14.1. The molecule has 0 aliphatic heterocycles. The number of allylic oxidation sites excluding steroid dienone is 5. The quantitative estimate of drug-likeness (QED) is 0.180. The summed E-state index contributed by atoms with van der Waals surface area (Å²) >= 11 is 0. The second-order valence-corrected chi connectivity index (χ2v) is 9.83. The first kappa shape index (κ1) is 34.0. The standard InChI is InChI=1S/C28H14F12N2O4/c1-11(3-6-19(27(35,36)37)12(2)26(32,33)34)41-21(43)15-8-17-18(9-16(15)22(41)44)24(46)42(23(17)45)14-5-4-13(10-25(29,30)31)20(7-14)28(38,39)40/h3-9H,2,10H2,1H3/b11-3+,19-6+. The van der Waals surface area contributed by atoms with Gasteiger partial charge in [-0.05, 0) is 48.9 Å². The number of benzene rings is 2. The van der Waals surface area contributed by atoms with Gasteiger partial charge in [0.25, 0.3) is 22.2 Å². The fourth-order valence-electron chi connectivity index (χ4n) is 4.66. The van der Waals surface area contributed by atoms with Crippen molar-refractivity contribution in [2.45, 2.75) is 38.0 Å². The zero-order valence-electron chi connectivity index (χ0n) is 22.5. The third-order valence-corrected chi connectivity index (χ3v) is 6.76. The molecule has 0 saturated carbocycles. The highest BCUT2D eigenvalue weighted by Gasteiger charge is 2.45. The topological polar surface area (TPSA) is 78.1 Å². The van der Waals surface area contributed by atoms with Gasteiger partial charge in [0.2, 0.25) is 0 Å². The first-order valence-electron chi connectivity index (χ1n) is 12.3. The van der Waals surface area contributed by atoms with Gasteiger partial charge in [0.1, 0.15) is 0 Å². The molecule has 6 nitrogen and oxygen atoms in total. The van der Waals surface area contributed by atoms with E-state index in [9.17, 15) is 71.9 Å². The lowest BCUT2D eigenvalue weighted by Gasteiger charge is -2.16. The van der Waals surface area contributed by atoms with E-state index in [-0.39, 0.29) is 21.3 Å². The predicted molar refractivity (Wildman–Crippen MR) is 140 cm³/mol. The van der Waals surface area contributed by atoms with Crippen LogP contribution in [0.25, 0.3) is 32.9 Å².